The van der Waals surface area contributed by atoms with Crippen LogP contribution >= 0.6 is 11.6 Å². The maximum absolute atomic E-state index is 11.4. The van der Waals surface area contributed by atoms with E-state index in [1.807, 2.05) is 0 Å². The van der Waals surface area contributed by atoms with E-state index in [4.69, 9.17) is 11.6 Å². The number of carboxylic acid groups (broad SMARTS) is 1. The van der Waals surface area contributed by atoms with E-state index in [2.05, 4.69) is 5.10 Å². The molecule has 0 atom stereocenters. The molecule has 1 aromatic heterocycles. The van der Waals surface area contributed by atoms with Gasteiger partial charge in [0.25, 0.3) is 0 Å². The van der Waals surface area contributed by atoms with Crippen molar-refractivity contribution in [2.24, 2.45) is 0 Å². The normalized spacial score (nSPS) is 21.3. The Balaban J connectivity index is 1.96. The third-order valence-corrected chi connectivity index (χ3v) is 4.59. The third-order valence-electron chi connectivity index (χ3n) is 4.23. The molecule has 0 saturated heterocycles. The van der Waals surface area contributed by atoms with Gasteiger partial charge in [0, 0.05) is 5.92 Å². The summed E-state index contributed by atoms with van der Waals surface area (Å²) in [6.07, 6.45) is 9.09. The van der Waals surface area contributed by atoms with Crippen LogP contribution in [0.5, 0.6) is 0 Å². The van der Waals surface area contributed by atoms with Crippen molar-refractivity contribution in [3.63, 3.8) is 0 Å². The predicted molar refractivity (Wildman–Crippen MR) is 72.9 cm³/mol. The summed E-state index contributed by atoms with van der Waals surface area (Å²) in [6.45, 7) is 0. The summed E-state index contributed by atoms with van der Waals surface area (Å²) in [5, 5.41) is 14.2. The van der Waals surface area contributed by atoms with Gasteiger partial charge in [0.15, 0.2) is 0 Å². The van der Waals surface area contributed by atoms with Gasteiger partial charge in [-0.15, -0.1) is 0 Å². The Labute approximate surface area is 117 Å². The molecular weight excluding hydrogens is 264 g/mol. The zero-order valence-corrected chi connectivity index (χ0v) is 11.7. The van der Waals surface area contributed by atoms with E-state index in [0.29, 0.717) is 16.8 Å². The molecule has 1 aromatic rings. The maximum Gasteiger partial charge on any atom is 0.340 e. The summed E-state index contributed by atoms with van der Waals surface area (Å²) < 4.78 is 1.80. The molecule has 1 heterocycles. The van der Waals surface area contributed by atoms with E-state index in [1.165, 1.54) is 25.7 Å². The number of aromatic carboxylic acids is 1. The molecule has 0 bridgehead atoms. The van der Waals surface area contributed by atoms with Crippen molar-refractivity contribution in [2.45, 2.75) is 63.3 Å². The summed E-state index contributed by atoms with van der Waals surface area (Å²) >= 11 is 6.30. The van der Waals surface area contributed by atoms with Crippen molar-refractivity contribution < 1.29 is 9.90 Å². The van der Waals surface area contributed by atoms with Crippen LogP contribution in [0.1, 0.15) is 79.4 Å². The molecule has 4 nitrogen and oxygen atoms in total. The highest BCUT2D eigenvalue weighted by Gasteiger charge is 2.35. The first-order chi connectivity index (χ1) is 9.18. The lowest BCUT2D eigenvalue weighted by Gasteiger charge is -2.15. The van der Waals surface area contributed by atoms with E-state index >= 15 is 0 Å². The lowest BCUT2D eigenvalue weighted by atomic mass is 10.1. The van der Waals surface area contributed by atoms with Gasteiger partial charge in [0.2, 0.25) is 0 Å². The van der Waals surface area contributed by atoms with Gasteiger partial charge in [0.1, 0.15) is 10.7 Å². The summed E-state index contributed by atoms with van der Waals surface area (Å²) in [5.74, 6) is -0.623. The minimum absolute atomic E-state index is 0.244. The Bertz CT molecular complexity index is 486. The third kappa shape index (κ3) is 2.50. The zero-order valence-electron chi connectivity index (χ0n) is 10.9. The Morgan fingerprint density at radius 2 is 1.79 bits per heavy atom. The Morgan fingerprint density at radius 1 is 1.16 bits per heavy atom. The number of hydrogen-bond donors (Lipinski definition) is 1. The fourth-order valence-electron chi connectivity index (χ4n) is 3.01. The summed E-state index contributed by atoms with van der Waals surface area (Å²) in [4.78, 5) is 11.4. The van der Waals surface area contributed by atoms with Gasteiger partial charge < -0.3 is 5.11 Å². The van der Waals surface area contributed by atoms with Crippen LogP contribution in [0.3, 0.4) is 0 Å². The second kappa shape index (κ2) is 5.16. The van der Waals surface area contributed by atoms with Crippen LogP contribution in [-0.4, -0.2) is 20.9 Å². The number of rotatable bonds is 3. The standard InChI is InChI=1S/C14H19ClN2O2/c15-13-11(14(18)19)12(9-7-8-9)16-17(13)10-5-3-1-2-4-6-10/h9-10H,1-8H2,(H,18,19). The molecule has 2 aliphatic rings. The molecule has 0 aliphatic heterocycles. The van der Waals surface area contributed by atoms with Crippen molar-refractivity contribution in [2.75, 3.05) is 0 Å². The first-order valence-corrected chi connectivity index (χ1v) is 7.57. The van der Waals surface area contributed by atoms with Crippen molar-refractivity contribution in [1.82, 2.24) is 9.78 Å². The van der Waals surface area contributed by atoms with Crippen molar-refractivity contribution >= 4 is 17.6 Å². The number of nitrogens with zero attached hydrogens (tertiary/aromatic N) is 2. The zero-order chi connectivity index (χ0) is 13.4. The molecule has 104 valence electrons. The van der Waals surface area contributed by atoms with Crippen LogP contribution in [0.2, 0.25) is 5.15 Å². The molecule has 3 rings (SSSR count). The van der Waals surface area contributed by atoms with Crippen LogP contribution in [0.15, 0.2) is 0 Å². The van der Waals surface area contributed by atoms with Crippen LogP contribution in [0.4, 0.5) is 0 Å². The van der Waals surface area contributed by atoms with Gasteiger partial charge in [-0.2, -0.15) is 5.10 Å². The number of carboxylic acids is 1. The minimum Gasteiger partial charge on any atom is -0.478 e. The summed E-state index contributed by atoms with van der Waals surface area (Å²) in [7, 11) is 0. The molecule has 19 heavy (non-hydrogen) atoms. The Kier molecular flexibility index (Phi) is 3.52. The predicted octanol–water partition coefficient (Wildman–Crippen LogP) is 4.01. The van der Waals surface area contributed by atoms with Gasteiger partial charge in [-0.3, -0.25) is 0 Å². The van der Waals surface area contributed by atoms with Crippen molar-refractivity contribution in [1.29, 1.82) is 0 Å². The molecule has 2 fully saturated rings. The highest BCUT2D eigenvalue weighted by atomic mass is 35.5. The number of carbonyl (C=O) groups is 1. The molecule has 0 spiro atoms. The lowest BCUT2D eigenvalue weighted by Crippen LogP contribution is -2.10. The molecule has 2 aliphatic carbocycles. The van der Waals surface area contributed by atoms with Crippen molar-refractivity contribution in [3.8, 4) is 0 Å². The lowest BCUT2D eigenvalue weighted by molar-refractivity contribution is 0.0695. The fourth-order valence-corrected chi connectivity index (χ4v) is 3.37. The topological polar surface area (TPSA) is 55.1 Å². The smallest absolute Gasteiger partial charge is 0.340 e. The molecule has 0 aromatic carbocycles. The maximum atomic E-state index is 11.4. The van der Waals surface area contributed by atoms with Crippen LogP contribution in [0, 0.1) is 0 Å². The average Bonchev–Trinajstić information content (AvgIpc) is 3.17. The van der Waals surface area contributed by atoms with Gasteiger partial charge in [-0.25, -0.2) is 9.48 Å². The first-order valence-electron chi connectivity index (χ1n) is 7.19. The molecule has 0 amide bonds. The molecular formula is C14H19ClN2O2. The van der Waals surface area contributed by atoms with Crippen LogP contribution in [-0.2, 0) is 0 Å². The van der Waals surface area contributed by atoms with Crippen LogP contribution < -0.4 is 0 Å². The highest BCUT2D eigenvalue weighted by Crippen LogP contribution is 2.43. The van der Waals surface area contributed by atoms with Gasteiger partial charge >= 0.3 is 5.97 Å². The average molecular weight is 283 g/mol. The van der Waals surface area contributed by atoms with E-state index in [9.17, 15) is 9.90 Å². The fraction of sp³-hybridized carbons (Fsp3) is 0.714. The number of halogens is 1. The first kappa shape index (κ1) is 13.0. The Morgan fingerprint density at radius 3 is 2.32 bits per heavy atom. The molecule has 0 radical (unpaired) electrons. The highest BCUT2D eigenvalue weighted by molar-refractivity contribution is 6.32. The number of hydrogen-bond acceptors (Lipinski definition) is 2. The van der Waals surface area contributed by atoms with E-state index in [-0.39, 0.29) is 11.6 Å². The van der Waals surface area contributed by atoms with E-state index < -0.39 is 5.97 Å². The van der Waals surface area contributed by atoms with Crippen molar-refractivity contribution in [3.05, 3.63) is 16.4 Å². The largest absolute Gasteiger partial charge is 0.478 e. The summed E-state index contributed by atoms with van der Waals surface area (Å²) in [6, 6.07) is 0.278. The van der Waals surface area contributed by atoms with E-state index in [0.717, 1.165) is 25.7 Å². The SMILES string of the molecule is O=C(O)c1c(C2CC2)nn(C2CCCCCC2)c1Cl. The molecule has 5 heteroatoms. The molecule has 2 saturated carbocycles. The Hall–Kier alpha value is -1.03. The molecule has 1 N–H and O–H groups in total. The minimum atomic E-state index is -0.938. The summed E-state index contributed by atoms with van der Waals surface area (Å²) in [5.41, 5.74) is 0.954. The quantitative estimate of drug-likeness (QED) is 0.852. The second-order valence-electron chi connectivity index (χ2n) is 5.72. The van der Waals surface area contributed by atoms with E-state index in [1.54, 1.807) is 4.68 Å². The van der Waals surface area contributed by atoms with Crippen LogP contribution in [0.25, 0.3) is 0 Å². The second-order valence-corrected chi connectivity index (χ2v) is 6.08. The number of aromatic nitrogens is 2. The van der Waals surface area contributed by atoms with Gasteiger partial charge in [0.05, 0.1) is 11.7 Å². The molecule has 0 unspecified atom stereocenters. The van der Waals surface area contributed by atoms with Gasteiger partial charge in [-0.1, -0.05) is 37.3 Å². The van der Waals surface area contributed by atoms with Gasteiger partial charge in [-0.05, 0) is 25.7 Å². The monoisotopic (exact) mass is 282 g/mol.